The molecule has 0 spiro atoms. The van der Waals surface area contributed by atoms with E-state index in [1.165, 1.54) is 0 Å². The van der Waals surface area contributed by atoms with E-state index in [9.17, 15) is 0 Å². The van der Waals surface area contributed by atoms with Gasteiger partial charge >= 0.3 is 0 Å². The molecule has 1 heterocycles. The summed E-state index contributed by atoms with van der Waals surface area (Å²) in [5, 5.41) is 3.86. The molecule has 1 aromatic heterocycles. The van der Waals surface area contributed by atoms with Crippen LogP contribution in [0, 0.1) is 0 Å². The van der Waals surface area contributed by atoms with Crippen molar-refractivity contribution in [2.75, 3.05) is 6.61 Å². The second-order valence-electron chi connectivity index (χ2n) is 4.40. The van der Waals surface area contributed by atoms with Gasteiger partial charge in [-0.3, -0.25) is 0 Å². The van der Waals surface area contributed by atoms with E-state index in [2.05, 4.69) is 17.1 Å². The lowest BCUT2D eigenvalue weighted by atomic mass is 10.1. The molecule has 19 heavy (non-hydrogen) atoms. The smallest absolute Gasteiger partial charge is 0.243 e. The van der Waals surface area contributed by atoms with E-state index in [1.807, 2.05) is 30.3 Å². The van der Waals surface area contributed by atoms with Crippen molar-refractivity contribution in [1.82, 2.24) is 10.1 Å². The van der Waals surface area contributed by atoms with Crippen LogP contribution in [0.1, 0.15) is 36.7 Å². The molecule has 0 aliphatic carbocycles. The average Bonchev–Trinajstić information content (AvgIpc) is 2.89. The maximum Gasteiger partial charge on any atom is 0.243 e. The van der Waals surface area contributed by atoms with Gasteiger partial charge in [-0.1, -0.05) is 42.4 Å². The Kier molecular flexibility index (Phi) is 5.06. The van der Waals surface area contributed by atoms with Crippen LogP contribution in [-0.2, 0) is 17.8 Å². The fraction of sp³-hybridized carbons (Fsp3) is 0.429. The highest BCUT2D eigenvalue weighted by Crippen LogP contribution is 2.14. The summed E-state index contributed by atoms with van der Waals surface area (Å²) in [7, 11) is 0. The first kappa shape index (κ1) is 13.7. The minimum absolute atomic E-state index is 0.283. The van der Waals surface area contributed by atoms with Crippen LogP contribution in [0.5, 0.6) is 0 Å². The van der Waals surface area contributed by atoms with E-state index in [4.69, 9.17) is 15.0 Å². The molecule has 0 fully saturated rings. The highest BCUT2D eigenvalue weighted by molar-refractivity contribution is 5.16. The summed E-state index contributed by atoms with van der Waals surface area (Å²) in [6.07, 6.45) is 1.65. The zero-order valence-corrected chi connectivity index (χ0v) is 11.1. The highest BCUT2D eigenvalue weighted by atomic mass is 16.5. The van der Waals surface area contributed by atoms with Crippen LogP contribution in [0.2, 0.25) is 0 Å². The van der Waals surface area contributed by atoms with Crippen LogP contribution in [0.25, 0.3) is 0 Å². The molecule has 102 valence electrons. The molecule has 5 nitrogen and oxygen atoms in total. The minimum Gasteiger partial charge on any atom is -0.373 e. The topological polar surface area (TPSA) is 74.2 Å². The van der Waals surface area contributed by atoms with Crippen LogP contribution in [0.4, 0.5) is 0 Å². The van der Waals surface area contributed by atoms with Crippen molar-refractivity contribution in [3.63, 3.8) is 0 Å². The second-order valence-corrected chi connectivity index (χ2v) is 4.40. The molecule has 0 saturated heterocycles. The van der Waals surface area contributed by atoms with Crippen molar-refractivity contribution in [3.05, 3.63) is 47.6 Å². The van der Waals surface area contributed by atoms with Gasteiger partial charge in [0.05, 0.1) is 6.04 Å². The second kappa shape index (κ2) is 7.01. The summed E-state index contributed by atoms with van der Waals surface area (Å²) in [5.74, 6) is 1.01. The molecule has 0 aliphatic rings. The lowest BCUT2D eigenvalue weighted by Crippen LogP contribution is -2.13. The van der Waals surface area contributed by atoms with Crippen LogP contribution >= 0.6 is 0 Å². The van der Waals surface area contributed by atoms with Crippen molar-refractivity contribution < 1.29 is 9.26 Å². The van der Waals surface area contributed by atoms with Gasteiger partial charge in [0.1, 0.15) is 6.61 Å². The van der Waals surface area contributed by atoms with E-state index in [0.717, 1.165) is 12.0 Å². The van der Waals surface area contributed by atoms with Gasteiger partial charge in [0, 0.05) is 6.61 Å². The average molecular weight is 261 g/mol. The van der Waals surface area contributed by atoms with Gasteiger partial charge in [-0.25, -0.2) is 0 Å². The molecule has 1 unspecified atom stereocenters. The van der Waals surface area contributed by atoms with E-state index in [1.54, 1.807) is 0 Å². The third-order valence-electron chi connectivity index (χ3n) is 2.68. The van der Waals surface area contributed by atoms with Crippen LogP contribution in [0.3, 0.4) is 0 Å². The van der Waals surface area contributed by atoms with Gasteiger partial charge in [0.15, 0.2) is 5.82 Å². The number of aromatic nitrogens is 2. The molecule has 0 aliphatic heterocycles. The number of benzene rings is 1. The number of rotatable bonds is 7. The van der Waals surface area contributed by atoms with Gasteiger partial charge in [-0.2, -0.15) is 4.98 Å². The molecule has 2 rings (SSSR count). The van der Waals surface area contributed by atoms with Crippen molar-refractivity contribution in [3.8, 4) is 0 Å². The molecule has 0 saturated carbocycles. The molecular formula is C14H19N3O2. The predicted octanol–water partition coefficient (Wildman–Crippen LogP) is 2.24. The molecular weight excluding hydrogens is 242 g/mol. The number of hydrogen-bond donors (Lipinski definition) is 1. The zero-order chi connectivity index (χ0) is 13.5. The van der Waals surface area contributed by atoms with Crippen LogP contribution in [0.15, 0.2) is 34.9 Å². The Balaban J connectivity index is 1.90. The van der Waals surface area contributed by atoms with Gasteiger partial charge < -0.3 is 15.0 Å². The first-order valence-electron chi connectivity index (χ1n) is 6.49. The predicted molar refractivity (Wildman–Crippen MR) is 71.3 cm³/mol. The Bertz CT molecular complexity index is 484. The number of hydrogen-bond acceptors (Lipinski definition) is 5. The molecule has 1 aromatic carbocycles. The Morgan fingerprint density at radius 1 is 1.32 bits per heavy atom. The van der Waals surface area contributed by atoms with E-state index >= 15 is 0 Å². The van der Waals surface area contributed by atoms with Crippen molar-refractivity contribution in [1.29, 1.82) is 0 Å². The van der Waals surface area contributed by atoms with Crippen LogP contribution in [-0.4, -0.2) is 16.7 Å². The van der Waals surface area contributed by atoms with Gasteiger partial charge in [0.25, 0.3) is 0 Å². The van der Waals surface area contributed by atoms with Gasteiger partial charge in [-0.05, 0) is 18.4 Å². The molecule has 2 aromatic rings. The molecule has 0 radical (unpaired) electrons. The van der Waals surface area contributed by atoms with Crippen molar-refractivity contribution in [2.45, 2.75) is 32.4 Å². The minimum atomic E-state index is -0.283. The lowest BCUT2D eigenvalue weighted by molar-refractivity contribution is 0.114. The molecule has 5 heteroatoms. The first-order valence-corrected chi connectivity index (χ1v) is 6.49. The Morgan fingerprint density at radius 3 is 2.84 bits per heavy atom. The van der Waals surface area contributed by atoms with E-state index in [0.29, 0.717) is 31.3 Å². The maximum atomic E-state index is 6.06. The fourth-order valence-electron chi connectivity index (χ4n) is 1.74. The molecule has 2 N–H and O–H groups in total. The summed E-state index contributed by atoms with van der Waals surface area (Å²) in [6, 6.07) is 9.73. The third-order valence-corrected chi connectivity index (χ3v) is 2.68. The Hall–Kier alpha value is -1.72. The van der Waals surface area contributed by atoms with Gasteiger partial charge in [0.2, 0.25) is 5.89 Å². The third kappa shape index (κ3) is 4.15. The van der Waals surface area contributed by atoms with Crippen molar-refractivity contribution >= 4 is 0 Å². The lowest BCUT2D eigenvalue weighted by Gasteiger charge is -2.05. The van der Waals surface area contributed by atoms with E-state index < -0.39 is 0 Å². The van der Waals surface area contributed by atoms with Crippen molar-refractivity contribution in [2.24, 2.45) is 5.73 Å². The number of nitrogens with zero attached hydrogens (tertiary/aromatic N) is 2. The first-order chi connectivity index (χ1) is 9.29. The number of nitrogens with two attached hydrogens (primary N) is 1. The standard InChI is InChI=1S/C14H19N3O2/c1-2-8-18-10-13-16-14(19-17-13)12(15)9-11-6-4-3-5-7-11/h3-7,12H,2,8-10,15H2,1H3. The highest BCUT2D eigenvalue weighted by Gasteiger charge is 2.15. The number of ether oxygens (including phenoxy) is 1. The SMILES string of the molecule is CCCOCc1noc(C(N)Cc2ccccc2)n1. The quantitative estimate of drug-likeness (QED) is 0.774. The summed E-state index contributed by atoms with van der Waals surface area (Å²) < 4.78 is 10.5. The summed E-state index contributed by atoms with van der Waals surface area (Å²) in [6.45, 7) is 3.12. The maximum absolute atomic E-state index is 6.06. The van der Waals surface area contributed by atoms with Crippen LogP contribution < -0.4 is 5.73 Å². The summed E-state index contributed by atoms with van der Waals surface area (Å²) in [4.78, 5) is 4.25. The van der Waals surface area contributed by atoms with Gasteiger partial charge in [-0.15, -0.1) is 0 Å². The van der Waals surface area contributed by atoms with E-state index in [-0.39, 0.29) is 6.04 Å². The molecule has 0 bridgehead atoms. The monoisotopic (exact) mass is 261 g/mol. The zero-order valence-electron chi connectivity index (χ0n) is 11.1. The Morgan fingerprint density at radius 2 is 2.11 bits per heavy atom. The summed E-state index contributed by atoms with van der Waals surface area (Å²) >= 11 is 0. The summed E-state index contributed by atoms with van der Waals surface area (Å²) in [5.41, 5.74) is 7.21. The molecule has 1 atom stereocenters. The Labute approximate surface area is 112 Å². The molecule has 0 amide bonds. The fourth-order valence-corrected chi connectivity index (χ4v) is 1.74. The normalized spacial score (nSPS) is 12.5. The largest absolute Gasteiger partial charge is 0.373 e.